The number of amides is 2. The second-order valence-electron chi connectivity index (χ2n) is 7.58. The van der Waals surface area contributed by atoms with Crippen molar-refractivity contribution in [1.82, 2.24) is 5.32 Å². The number of benzene rings is 1. The number of carboxylic acid groups (broad SMARTS) is 1. The molecule has 0 atom stereocenters. The van der Waals surface area contributed by atoms with Crippen LogP contribution in [0.4, 0.5) is 5.69 Å². The number of hydrogen-bond acceptors (Lipinski definition) is 3. The Bertz CT molecular complexity index is 691. The van der Waals surface area contributed by atoms with Gasteiger partial charge in [0.05, 0.1) is 0 Å². The van der Waals surface area contributed by atoms with Crippen LogP contribution in [0.1, 0.15) is 68.3 Å². The first-order valence-electron chi connectivity index (χ1n) is 9.20. The summed E-state index contributed by atoms with van der Waals surface area (Å²) in [5, 5.41) is 15.2. The summed E-state index contributed by atoms with van der Waals surface area (Å²) < 4.78 is 0. The van der Waals surface area contributed by atoms with Crippen LogP contribution in [0.2, 0.25) is 0 Å². The highest BCUT2D eigenvalue weighted by atomic mass is 16.4. The van der Waals surface area contributed by atoms with Gasteiger partial charge in [0.15, 0.2) is 0 Å². The monoisotopic (exact) mass is 360 g/mol. The van der Waals surface area contributed by atoms with Crippen molar-refractivity contribution in [3.05, 3.63) is 29.3 Å². The summed E-state index contributed by atoms with van der Waals surface area (Å²) in [6, 6.07) is 4.99. The summed E-state index contributed by atoms with van der Waals surface area (Å²) in [4.78, 5) is 36.2. The summed E-state index contributed by atoms with van der Waals surface area (Å²) in [6.45, 7) is 5.77. The van der Waals surface area contributed by atoms with Gasteiger partial charge in [-0.15, -0.1) is 0 Å². The molecule has 0 saturated heterocycles. The van der Waals surface area contributed by atoms with E-state index in [0.717, 1.165) is 24.8 Å². The van der Waals surface area contributed by atoms with Gasteiger partial charge in [-0.25, -0.2) is 4.79 Å². The Morgan fingerprint density at radius 3 is 2.35 bits per heavy atom. The fraction of sp³-hybridized carbons (Fsp3) is 0.550. The van der Waals surface area contributed by atoms with Crippen LogP contribution in [0.15, 0.2) is 18.2 Å². The number of carboxylic acids is 1. The maximum absolute atomic E-state index is 12.6. The van der Waals surface area contributed by atoms with Crippen LogP contribution in [0, 0.1) is 12.8 Å². The molecule has 1 aromatic carbocycles. The summed E-state index contributed by atoms with van der Waals surface area (Å²) in [6.07, 6.45) is 3.93. The molecule has 1 aliphatic carbocycles. The Morgan fingerprint density at radius 1 is 1.15 bits per heavy atom. The predicted molar refractivity (Wildman–Crippen MR) is 100 cm³/mol. The van der Waals surface area contributed by atoms with E-state index in [1.165, 1.54) is 0 Å². The lowest BCUT2D eigenvalue weighted by molar-refractivity contribution is -0.146. The van der Waals surface area contributed by atoms with Gasteiger partial charge in [0.1, 0.15) is 5.54 Å². The Labute approximate surface area is 154 Å². The van der Waals surface area contributed by atoms with E-state index in [4.69, 9.17) is 0 Å². The van der Waals surface area contributed by atoms with E-state index in [1.807, 2.05) is 20.8 Å². The standard InChI is InChI=1S/C20H28N2O4/c1-13(2)11-17(23)21-16-8-7-15(12-14(16)3)18(24)22-20(19(25)26)9-5-4-6-10-20/h7-8,12-13H,4-6,9-11H2,1-3H3,(H,21,23)(H,22,24)(H,25,26). The van der Waals surface area contributed by atoms with Gasteiger partial charge in [0.2, 0.25) is 5.91 Å². The van der Waals surface area contributed by atoms with Crippen LogP contribution in [0.3, 0.4) is 0 Å². The molecular formula is C20H28N2O4. The summed E-state index contributed by atoms with van der Waals surface area (Å²) in [5.41, 5.74) is 0.657. The lowest BCUT2D eigenvalue weighted by Gasteiger charge is -2.34. The minimum Gasteiger partial charge on any atom is -0.480 e. The molecule has 1 fully saturated rings. The summed E-state index contributed by atoms with van der Waals surface area (Å²) >= 11 is 0. The van der Waals surface area contributed by atoms with Crippen LogP contribution >= 0.6 is 0 Å². The normalized spacial score (nSPS) is 16.2. The second kappa shape index (κ2) is 8.34. The average molecular weight is 360 g/mol. The smallest absolute Gasteiger partial charge is 0.329 e. The Hall–Kier alpha value is -2.37. The molecule has 0 bridgehead atoms. The minimum absolute atomic E-state index is 0.0627. The SMILES string of the molecule is Cc1cc(C(=O)NC2(C(=O)O)CCCCC2)ccc1NC(=O)CC(C)C. The second-order valence-corrected chi connectivity index (χ2v) is 7.58. The Kier molecular flexibility index (Phi) is 6.40. The summed E-state index contributed by atoms with van der Waals surface area (Å²) in [7, 11) is 0. The molecular weight excluding hydrogens is 332 g/mol. The number of aliphatic carboxylic acids is 1. The van der Waals surface area contributed by atoms with E-state index in [2.05, 4.69) is 10.6 Å². The van der Waals surface area contributed by atoms with Crippen molar-refractivity contribution in [2.45, 2.75) is 64.8 Å². The van der Waals surface area contributed by atoms with Crippen molar-refractivity contribution in [3.63, 3.8) is 0 Å². The van der Waals surface area contributed by atoms with Gasteiger partial charge >= 0.3 is 5.97 Å². The van der Waals surface area contributed by atoms with Gasteiger partial charge < -0.3 is 15.7 Å². The van der Waals surface area contributed by atoms with Gasteiger partial charge in [0.25, 0.3) is 5.91 Å². The van der Waals surface area contributed by atoms with Gasteiger partial charge in [-0.3, -0.25) is 9.59 Å². The van der Waals surface area contributed by atoms with E-state index in [1.54, 1.807) is 18.2 Å². The molecule has 0 aromatic heterocycles. The topological polar surface area (TPSA) is 95.5 Å². The van der Waals surface area contributed by atoms with Gasteiger partial charge in [-0.05, 0) is 49.4 Å². The number of hydrogen-bond donors (Lipinski definition) is 3. The first-order chi connectivity index (χ1) is 12.2. The van der Waals surface area contributed by atoms with Crippen molar-refractivity contribution >= 4 is 23.5 Å². The third kappa shape index (κ3) is 4.84. The molecule has 2 amide bonds. The third-order valence-electron chi connectivity index (χ3n) is 4.83. The van der Waals surface area contributed by atoms with Crippen molar-refractivity contribution in [3.8, 4) is 0 Å². The first kappa shape index (κ1) is 19.9. The Morgan fingerprint density at radius 2 is 1.81 bits per heavy atom. The molecule has 2 rings (SSSR count). The highest BCUT2D eigenvalue weighted by molar-refractivity contribution is 5.99. The van der Waals surface area contributed by atoms with Gasteiger partial charge in [0, 0.05) is 17.7 Å². The molecule has 0 spiro atoms. The number of nitrogens with one attached hydrogen (secondary N) is 2. The molecule has 0 radical (unpaired) electrons. The van der Waals surface area contributed by atoms with Crippen molar-refractivity contribution < 1.29 is 19.5 Å². The predicted octanol–water partition coefficient (Wildman–Crippen LogP) is 3.50. The Balaban J connectivity index is 2.11. The molecule has 0 heterocycles. The maximum atomic E-state index is 12.6. The molecule has 1 aliphatic rings. The van der Waals surface area contributed by atoms with Gasteiger partial charge in [-0.1, -0.05) is 33.1 Å². The highest BCUT2D eigenvalue weighted by Gasteiger charge is 2.41. The molecule has 142 valence electrons. The molecule has 0 unspecified atom stereocenters. The number of carbonyl (C=O) groups excluding carboxylic acids is 2. The number of rotatable bonds is 6. The quantitative estimate of drug-likeness (QED) is 0.723. The molecule has 26 heavy (non-hydrogen) atoms. The average Bonchev–Trinajstić information content (AvgIpc) is 2.56. The van der Waals surface area contributed by atoms with E-state index in [9.17, 15) is 19.5 Å². The van der Waals surface area contributed by atoms with Gasteiger partial charge in [-0.2, -0.15) is 0 Å². The van der Waals surface area contributed by atoms with Crippen LogP contribution in [0.5, 0.6) is 0 Å². The summed E-state index contributed by atoms with van der Waals surface area (Å²) in [5.74, 6) is -1.16. The van der Waals surface area contributed by atoms with E-state index < -0.39 is 17.4 Å². The molecule has 6 nitrogen and oxygen atoms in total. The zero-order chi connectivity index (χ0) is 19.3. The third-order valence-corrected chi connectivity index (χ3v) is 4.83. The first-order valence-corrected chi connectivity index (χ1v) is 9.20. The fourth-order valence-corrected chi connectivity index (χ4v) is 3.35. The highest BCUT2D eigenvalue weighted by Crippen LogP contribution is 2.29. The maximum Gasteiger partial charge on any atom is 0.329 e. The van der Waals surface area contributed by atoms with Crippen molar-refractivity contribution in [1.29, 1.82) is 0 Å². The zero-order valence-corrected chi connectivity index (χ0v) is 15.7. The fourth-order valence-electron chi connectivity index (χ4n) is 3.35. The number of anilines is 1. The van der Waals surface area contributed by atoms with Crippen molar-refractivity contribution in [2.24, 2.45) is 5.92 Å². The largest absolute Gasteiger partial charge is 0.480 e. The van der Waals surface area contributed by atoms with Crippen LogP contribution in [-0.2, 0) is 9.59 Å². The van der Waals surface area contributed by atoms with E-state index >= 15 is 0 Å². The lowest BCUT2D eigenvalue weighted by Crippen LogP contribution is -2.55. The molecule has 3 N–H and O–H groups in total. The van der Waals surface area contributed by atoms with E-state index in [-0.39, 0.29) is 11.8 Å². The molecule has 0 aliphatic heterocycles. The van der Waals surface area contributed by atoms with Crippen LogP contribution in [0.25, 0.3) is 0 Å². The number of aryl methyl sites for hydroxylation is 1. The number of carbonyl (C=O) groups is 3. The minimum atomic E-state index is -1.17. The molecule has 6 heteroatoms. The lowest BCUT2D eigenvalue weighted by atomic mass is 9.81. The van der Waals surface area contributed by atoms with Crippen molar-refractivity contribution in [2.75, 3.05) is 5.32 Å². The molecule has 1 aromatic rings. The zero-order valence-electron chi connectivity index (χ0n) is 15.7. The van der Waals surface area contributed by atoms with E-state index in [0.29, 0.717) is 30.5 Å². The molecule has 1 saturated carbocycles. The van der Waals surface area contributed by atoms with Crippen LogP contribution < -0.4 is 10.6 Å². The van der Waals surface area contributed by atoms with Crippen LogP contribution in [-0.4, -0.2) is 28.4 Å².